The van der Waals surface area contributed by atoms with Crippen LogP contribution in [-0.4, -0.2) is 31.3 Å². The lowest BCUT2D eigenvalue weighted by molar-refractivity contribution is 0.434. The van der Waals surface area contributed by atoms with Crippen LogP contribution in [0, 0.1) is 0 Å². The van der Waals surface area contributed by atoms with Crippen molar-refractivity contribution in [3.8, 4) is 0 Å². The Morgan fingerprint density at radius 1 is 1.23 bits per heavy atom. The van der Waals surface area contributed by atoms with Gasteiger partial charge in [0.05, 0.1) is 11.0 Å². The van der Waals surface area contributed by atoms with E-state index in [4.69, 9.17) is 17.3 Å². The van der Waals surface area contributed by atoms with Gasteiger partial charge in [0.15, 0.2) is 9.84 Å². The number of nitrogens with two attached hydrogens (primary N) is 1. The van der Waals surface area contributed by atoms with E-state index >= 15 is 0 Å². The fourth-order valence-corrected chi connectivity index (χ4v) is 3.91. The quantitative estimate of drug-likeness (QED) is 0.727. The fraction of sp³-hybridized carbons (Fsp3) is 1.00. The predicted molar refractivity (Wildman–Crippen MR) is 54.7 cm³/mol. The first-order valence-electron chi connectivity index (χ1n) is 4.59. The molecular weight excluding hydrogens is 210 g/mol. The van der Waals surface area contributed by atoms with Gasteiger partial charge in [0, 0.05) is 11.9 Å². The molecule has 3 nitrogen and oxygen atoms in total. The van der Waals surface area contributed by atoms with Crippen molar-refractivity contribution in [2.45, 2.75) is 37.0 Å². The molecule has 13 heavy (non-hydrogen) atoms. The molecule has 1 aliphatic rings. The molecule has 2 N–H and O–H groups in total. The molecule has 5 heteroatoms. The minimum Gasteiger partial charge on any atom is -0.328 e. The molecular formula is C8H16ClNO2S. The van der Waals surface area contributed by atoms with Gasteiger partial charge in [0.1, 0.15) is 0 Å². The Labute approximate surface area is 84.6 Å². The normalized spacial score (nSPS) is 30.3. The first kappa shape index (κ1) is 11.3. The van der Waals surface area contributed by atoms with Crippen molar-refractivity contribution in [1.29, 1.82) is 0 Å². The Morgan fingerprint density at radius 3 is 2.23 bits per heavy atom. The summed E-state index contributed by atoms with van der Waals surface area (Å²) >= 11 is 5.43. The summed E-state index contributed by atoms with van der Waals surface area (Å²) in [5, 5.41) is -0.189. The van der Waals surface area contributed by atoms with E-state index in [0.717, 1.165) is 12.8 Å². The Balaban J connectivity index is 2.53. The van der Waals surface area contributed by atoms with Gasteiger partial charge in [0.2, 0.25) is 0 Å². The van der Waals surface area contributed by atoms with Crippen LogP contribution in [0.2, 0.25) is 0 Å². The highest BCUT2D eigenvalue weighted by Crippen LogP contribution is 2.23. The van der Waals surface area contributed by atoms with Crippen LogP contribution in [0.4, 0.5) is 0 Å². The predicted octanol–water partition coefficient (Wildman–Crippen LogP) is 0.910. The first-order valence-corrected chi connectivity index (χ1v) is 6.84. The number of hydrogen-bond acceptors (Lipinski definition) is 3. The zero-order valence-electron chi connectivity index (χ0n) is 7.58. The van der Waals surface area contributed by atoms with Crippen molar-refractivity contribution in [2.24, 2.45) is 5.73 Å². The SMILES string of the molecule is NC1CCC(S(=O)(=O)CCCl)CC1. The first-order chi connectivity index (χ1) is 6.06. The lowest BCUT2D eigenvalue weighted by atomic mass is 9.96. The number of halogens is 1. The highest BCUT2D eigenvalue weighted by molar-refractivity contribution is 7.92. The molecule has 0 atom stereocenters. The van der Waals surface area contributed by atoms with E-state index in [1.165, 1.54) is 0 Å². The van der Waals surface area contributed by atoms with Gasteiger partial charge in [-0.3, -0.25) is 0 Å². The van der Waals surface area contributed by atoms with Crippen molar-refractivity contribution >= 4 is 21.4 Å². The van der Waals surface area contributed by atoms with Crippen LogP contribution in [0.5, 0.6) is 0 Å². The van der Waals surface area contributed by atoms with E-state index in [2.05, 4.69) is 0 Å². The summed E-state index contributed by atoms with van der Waals surface area (Å²) in [5.74, 6) is 0.305. The van der Waals surface area contributed by atoms with Crippen LogP contribution in [0.15, 0.2) is 0 Å². The van der Waals surface area contributed by atoms with Crippen LogP contribution in [0.25, 0.3) is 0 Å². The lowest BCUT2D eigenvalue weighted by Crippen LogP contribution is -2.34. The summed E-state index contributed by atoms with van der Waals surface area (Å²) in [6, 6.07) is 0.197. The molecule has 0 heterocycles. The molecule has 1 fully saturated rings. The average Bonchev–Trinajstić information content (AvgIpc) is 2.05. The molecule has 1 rings (SSSR count). The number of sulfone groups is 1. The minimum atomic E-state index is -2.94. The molecule has 0 saturated heterocycles. The third-order valence-corrected chi connectivity index (χ3v) is 5.26. The van der Waals surface area contributed by atoms with E-state index in [-0.39, 0.29) is 22.9 Å². The molecule has 0 aromatic rings. The van der Waals surface area contributed by atoms with Gasteiger partial charge >= 0.3 is 0 Å². The molecule has 0 aromatic carbocycles. The van der Waals surface area contributed by atoms with Gasteiger partial charge in [-0.25, -0.2) is 8.42 Å². The highest BCUT2D eigenvalue weighted by Gasteiger charge is 2.28. The summed E-state index contributed by atoms with van der Waals surface area (Å²) < 4.78 is 23.1. The second-order valence-corrected chi connectivity index (χ2v) is 6.37. The minimum absolute atomic E-state index is 0.106. The van der Waals surface area contributed by atoms with Crippen LogP contribution in [-0.2, 0) is 9.84 Å². The Morgan fingerprint density at radius 2 is 1.77 bits per heavy atom. The molecule has 0 aliphatic heterocycles. The number of hydrogen-bond donors (Lipinski definition) is 1. The molecule has 1 saturated carbocycles. The van der Waals surface area contributed by atoms with Gasteiger partial charge in [-0.1, -0.05) is 0 Å². The van der Waals surface area contributed by atoms with Crippen LogP contribution in [0.1, 0.15) is 25.7 Å². The van der Waals surface area contributed by atoms with Crippen LogP contribution in [0.3, 0.4) is 0 Å². The van der Waals surface area contributed by atoms with Gasteiger partial charge in [0.25, 0.3) is 0 Å². The maximum atomic E-state index is 11.6. The zero-order valence-corrected chi connectivity index (χ0v) is 9.15. The third kappa shape index (κ3) is 3.11. The van der Waals surface area contributed by atoms with Gasteiger partial charge in [-0.05, 0) is 25.7 Å². The van der Waals surface area contributed by atoms with E-state index in [0.29, 0.717) is 12.8 Å². The topological polar surface area (TPSA) is 60.2 Å². The summed E-state index contributed by atoms with van der Waals surface area (Å²) in [6.45, 7) is 0. The Hall–Kier alpha value is 0.200. The van der Waals surface area contributed by atoms with Crippen molar-refractivity contribution in [3.63, 3.8) is 0 Å². The maximum absolute atomic E-state index is 11.6. The Kier molecular flexibility index (Phi) is 4.01. The fourth-order valence-electron chi connectivity index (χ4n) is 1.72. The maximum Gasteiger partial charge on any atom is 0.154 e. The lowest BCUT2D eigenvalue weighted by Gasteiger charge is -2.25. The second-order valence-electron chi connectivity index (χ2n) is 3.59. The van der Waals surface area contributed by atoms with Gasteiger partial charge in [-0.2, -0.15) is 0 Å². The average molecular weight is 226 g/mol. The summed E-state index contributed by atoms with van der Waals surface area (Å²) in [4.78, 5) is 0. The van der Waals surface area contributed by atoms with E-state index in [9.17, 15) is 8.42 Å². The largest absolute Gasteiger partial charge is 0.328 e. The summed E-state index contributed by atoms with van der Waals surface area (Å²) in [5.41, 5.74) is 5.69. The van der Waals surface area contributed by atoms with Crippen molar-refractivity contribution in [2.75, 3.05) is 11.6 Å². The van der Waals surface area contributed by atoms with Gasteiger partial charge in [-0.15, -0.1) is 11.6 Å². The molecule has 0 spiro atoms. The van der Waals surface area contributed by atoms with E-state index in [1.54, 1.807) is 0 Å². The highest BCUT2D eigenvalue weighted by atomic mass is 35.5. The smallest absolute Gasteiger partial charge is 0.154 e. The molecule has 0 aromatic heterocycles. The standard InChI is InChI=1S/C8H16ClNO2S/c9-5-6-13(11,12)8-3-1-7(10)2-4-8/h7-8H,1-6,10H2. The molecule has 1 aliphatic carbocycles. The summed E-state index contributed by atoms with van der Waals surface area (Å²) in [6.07, 6.45) is 3.07. The van der Waals surface area contributed by atoms with Crippen LogP contribution < -0.4 is 5.73 Å². The van der Waals surface area contributed by atoms with Crippen molar-refractivity contribution < 1.29 is 8.42 Å². The Bertz CT molecular complexity index is 245. The molecule has 0 amide bonds. The van der Waals surface area contributed by atoms with Crippen molar-refractivity contribution in [1.82, 2.24) is 0 Å². The van der Waals surface area contributed by atoms with Crippen LogP contribution >= 0.6 is 11.6 Å². The molecule has 0 unspecified atom stereocenters. The third-order valence-electron chi connectivity index (χ3n) is 2.59. The summed E-state index contributed by atoms with van der Waals surface area (Å²) in [7, 11) is -2.94. The molecule has 0 bridgehead atoms. The van der Waals surface area contributed by atoms with E-state index < -0.39 is 9.84 Å². The van der Waals surface area contributed by atoms with Gasteiger partial charge < -0.3 is 5.73 Å². The van der Waals surface area contributed by atoms with E-state index in [1.807, 2.05) is 0 Å². The number of alkyl halides is 1. The zero-order chi connectivity index (χ0) is 9.90. The monoisotopic (exact) mass is 225 g/mol. The number of rotatable bonds is 3. The second kappa shape index (κ2) is 4.62. The molecule has 0 radical (unpaired) electrons. The van der Waals surface area contributed by atoms with Crippen molar-refractivity contribution in [3.05, 3.63) is 0 Å². The molecule has 78 valence electrons.